The maximum atomic E-state index is 13.3. The molecule has 0 bridgehead atoms. The van der Waals surface area contributed by atoms with E-state index in [2.05, 4.69) is 5.32 Å². The van der Waals surface area contributed by atoms with E-state index in [0.29, 0.717) is 10.9 Å². The van der Waals surface area contributed by atoms with Gasteiger partial charge in [0.15, 0.2) is 5.76 Å². The third kappa shape index (κ3) is 2.69. The molecule has 0 radical (unpaired) electrons. The van der Waals surface area contributed by atoms with Crippen LogP contribution in [0.5, 0.6) is 0 Å². The molecule has 1 amide bonds. The number of hydrogen-bond donors (Lipinski definition) is 1. The lowest BCUT2D eigenvalue weighted by molar-refractivity contribution is 0.0923. The first kappa shape index (κ1) is 13.1. The van der Waals surface area contributed by atoms with Gasteiger partial charge in [-0.15, -0.1) is 0 Å². The summed E-state index contributed by atoms with van der Waals surface area (Å²) in [6.45, 7) is 0.0606. The van der Waals surface area contributed by atoms with Crippen LogP contribution in [0.15, 0.2) is 56.3 Å². The van der Waals surface area contributed by atoms with Gasteiger partial charge in [0.2, 0.25) is 0 Å². The van der Waals surface area contributed by atoms with Gasteiger partial charge in [-0.2, -0.15) is 0 Å². The molecule has 3 aromatic rings. The molecule has 3 rings (SSSR count). The van der Waals surface area contributed by atoms with Gasteiger partial charge in [0, 0.05) is 18.0 Å². The van der Waals surface area contributed by atoms with Gasteiger partial charge in [0.05, 0.1) is 6.26 Å². The summed E-state index contributed by atoms with van der Waals surface area (Å²) in [6, 6.07) is 8.18. The first-order valence-electron chi connectivity index (χ1n) is 6.17. The van der Waals surface area contributed by atoms with E-state index in [9.17, 15) is 14.0 Å². The van der Waals surface area contributed by atoms with Gasteiger partial charge < -0.3 is 14.2 Å². The van der Waals surface area contributed by atoms with Crippen molar-refractivity contribution in [3.63, 3.8) is 0 Å². The Bertz CT molecular complexity index is 852. The van der Waals surface area contributed by atoms with Crippen molar-refractivity contribution in [1.82, 2.24) is 5.32 Å². The minimum atomic E-state index is -0.559. The molecule has 1 aromatic carbocycles. The Morgan fingerprint density at radius 2 is 2.10 bits per heavy atom. The predicted molar refractivity (Wildman–Crippen MR) is 72.3 cm³/mol. The first-order chi connectivity index (χ1) is 10.1. The molecule has 21 heavy (non-hydrogen) atoms. The normalized spacial score (nSPS) is 10.7. The smallest absolute Gasteiger partial charge is 0.336 e. The molecule has 0 saturated heterocycles. The molecule has 0 atom stereocenters. The minimum absolute atomic E-state index is 0.0606. The third-order valence-electron chi connectivity index (χ3n) is 2.97. The van der Waals surface area contributed by atoms with Crippen molar-refractivity contribution in [1.29, 1.82) is 0 Å². The molecule has 2 aromatic heterocycles. The number of carbonyl (C=O) groups excluding carboxylic acids is 1. The predicted octanol–water partition coefficient (Wildman–Crippen LogP) is 2.46. The van der Waals surface area contributed by atoms with Crippen molar-refractivity contribution in [2.75, 3.05) is 0 Å². The van der Waals surface area contributed by atoms with Crippen LogP contribution in [0.3, 0.4) is 0 Å². The first-order valence-corrected chi connectivity index (χ1v) is 6.17. The fourth-order valence-electron chi connectivity index (χ4n) is 2.02. The summed E-state index contributed by atoms with van der Waals surface area (Å²) in [7, 11) is 0. The minimum Gasteiger partial charge on any atom is -0.459 e. The van der Waals surface area contributed by atoms with Crippen LogP contribution < -0.4 is 10.9 Å². The number of halogens is 1. The fraction of sp³-hybridized carbons (Fsp3) is 0.0667. The Hall–Kier alpha value is -2.89. The van der Waals surface area contributed by atoms with Crippen LogP contribution >= 0.6 is 0 Å². The number of amides is 1. The maximum Gasteiger partial charge on any atom is 0.336 e. The Morgan fingerprint density at radius 3 is 2.86 bits per heavy atom. The number of carbonyl (C=O) groups is 1. The summed E-state index contributed by atoms with van der Waals surface area (Å²) < 4.78 is 23.3. The maximum absolute atomic E-state index is 13.3. The van der Waals surface area contributed by atoms with E-state index in [0.717, 1.165) is 0 Å². The molecule has 0 fully saturated rings. The Balaban J connectivity index is 1.91. The zero-order valence-corrected chi connectivity index (χ0v) is 10.8. The molecule has 5 nitrogen and oxygen atoms in total. The SMILES string of the molecule is O=C(NCc1cc(=O)oc2ccc(F)cc12)c1ccco1. The molecular weight excluding hydrogens is 277 g/mol. The zero-order valence-electron chi connectivity index (χ0n) is 10.8. The van der Waals surface area contributed by atoms with Crippen molar-refractivity contribution in [3.8, 4) is 0 Å². The molecule has 0 aliphatic rings. The van der Waals surface area contributed by atoms with Crippen LogP contribution in [0.4, 0.5) is 4.39 Å². The second kappa shape index (κ2) is 5.24. The summed E-state index contributed by atoms with van der Waals surface area (Å²) in [5, 5.41) is 3.04. The van der Waals surface area contributed by atoms with Crippen molar-refractivity contribution in [3.05, 3.63) is 70.2 Å². The Labute approximate surface area is 118 Å². The number of hydrogen-bond acceptors (Lipinski definition) is 4. The highest BCUT2D eigenvalue weighted by Crippen LogP contribution is 2.18. The lowest BCUT2D eigenvalue weighted by Crippen LogP contribution is -2.23. The van der Waals surface area contributed by atoms with Gasteiger partial charge in [0.1, 0.15) is 11.4 Å². The molecule has 1 N–H and O–H groups in total. The highest BCUT2D eigenvalue weighted by molar-refractivity contribution is 5.91. The molecular formula is C15H10FNO4. The van der Waals surface area contributed by atoms with E-state index < -0.39 is 17.3 Å². The molecule has 106 valence electrons. The van der Waals surface area contributed by atoms with Gasteiger partial charge in [0.25, 0.3) is 5.91 Å². The van der Waals surface area contributed by atoms with Crippen LogP contribution in [0.2, 0.25) is 0 Å². The highest BCUT2D eigenvalue weighted by atomic mass is 19.1. The molecule has 0 saturated carbocycles. The molecule has 6 heteroatoms. The second-order valence-corrected chi connectivity index (χ2v) is 4.39. The molecule has 0 unspecified atom stereocenters. The van der Waals surface area contributed by atoms with E-state index >= 15 is 0 Å². The topological polar surface area (TPSA) is 72.5 Å². The van der Waals surface area contributed by atoms with E-state index in [1.54, 1.807) is 6.07 Å². The lowest BCUT2D eigenvalue weighted by Gasteiger charge is -2.06. The van der Waals surface area contributed by atoms with Crippen LogP contribution in [0.25, 0.3) is 11.0 Å². The summed E-state index contributed by atoms with van der Waals surface area (Å²) >= 11 is 0. The van der Waals surface area contributed by atoms with E-state index in [1.807, 2.05) is 0 Å². The van der Waals surface area contributed by atoms with Crippen molar-refractivity contribution in [2.24, 2.45) is 0 Å². The Morgan fingerprint density at radius 1 is 1.24 bits per heavy atom. The lowest BCUT2D eigenvalue weighted by atomic mass is 10.1. The zero-order chi connectivity index (χ0) is 14.8. The standard InChI is InChI=1S/C15H10FNO4/c16-10-3-4-12-11(7-10)9(6-14(18)21-12)8-17-15(19)13-2-1-5-20-13/h1-7H,8H2,(H,17,19). The van der Waals surface area contributed by atoms with Gasteiger partial charge in [-0.05, 0) is 35.9 Å². The number of rotatable bonds is 3. The van der Waals surface area contributed by atoms with Gasteiger partial charge in [-0.1, -0.05) is 0 Å². The molecule has 0 spiro atoms. The van der Waals surface area contributed by atoms with E-state index in [4.69, 9.17) is 8.83 Å². The fourth-order valence-corrected chi connectivity index (χ4v) is 2.02. The monoisotopic (exact) mass is 287 g/mol. The van der Waals surface area contributed by atoms with E-state index in [1.165, 1.54) is 36.6 Å². The number of nitrogens with one attached hydrogen (secondary N) is 1. The molecule has 0 aliphatic heterocycles. The van der Waals surface area contributed by atoms with Crippen LogP contribution in [0, 0.1) is 5.82 Å². The Kier molecular flexibility index (Phi) is 3.27. The van der Waals surface area contributed by atoms with Gasteiger partial charge in [-0.25, -0.2) is 9.18 Å². The van der Waals surface area contributed by atoms with Gasteiger partial charge >= 0.3 is 5.63 Å². The highest BCUT2D eigenvalue weighted by Gasteiger charge is 2.11. The molecule has 0 aliphatic carbocycles. The largest absolute Gasteiger partial charge is 0.459 e. The average Bonchev–Trinajstić information content (AvgIpc) is 2.99. The number of furan rings is 1. The van der Waals surface area contributed by atoms with Crippen LogP contribution in [0.1, 0.15) is 16.1 Å². The van der Waals surface area contributed by atoms with Crippen molar-refractivity contribution < 1.29 is 18.0 Å². The van der Waals surface area contributed by atoms with Crippen LogP contribution in [-0.4, -0.2) is 5.91 Å². The van der Waals surface area contributed by atoms with Crippen LogP contribution in [-0.2, 0) is 6.54 Å². The summed E-state index contributed by atoms with van der Waals surface area (Å²) in [6.07, 6.45) is 1.39. The number of benzene rings is 1. The van der Waals surface area contributed by atoms with Gasteiger partial charge in [-0.3, -0.25) is 4.79 Å². The third-order valence-corrected chi connectivity index (χ3v) is 2.97. The molecule has 2 heterocycles. The summed E-state index contributed by atoms with van der Waals surface area (Å²) in [5.41, 5.74) is 0.183. The van der Waals surface area contributed by atoms with E-state index in [-0.39, 0.29) is 17.9 Å². The van der Waals surface area contributed by atoms with Crippen molar-refractivity contribution >= 4 is 16.9 Å². The number of fused-ring (bicyclic) bond motifs is 1. The summed E-state index contributed by atoms with van der Waals surface area (Å²) in [4.78, 5) is 23.3. The summed E-state index contributed by atoms with van der Waals surface area (Å²) in [5.74, 6) is -0.707. The quantitative estimate of drug-likeness (QED) is 0.751. The van der Waals surface area contributed by atoms with Crippen molar-refractivity contribution in [2.45, 2.75) is 6.54 Å². The second-order valence-electron chi connectivity index (χ2n) is 4.39. The average molecular weight is 287 g/mol.